The molecule has 0 aliphatic heterocycles. The summed E-state index contributed by atoms with van der Waals surface area (Å²) in [6.45, 7) is 0. The van der Waals surface area contributed by atoms with Gasteiger partial charge in [-0.3, -0.25) is 10.1 Å². The van der Waals surface area contributed by atoms with E-state index in [0.29, 0.717) is 0 Å². The van der Waals surface area contributed by atoms with Gasteiger partial charge < -0.3 is 4.74 Å². The number of ether oxygens (including phenoxy) is 1. The maximum Gasteiger partial charge on any atom is 0.277 e. The number of nitro groups is 1. The molecule has 0 radical (unpaired) electrons. The van der Waals surface area contributed by atoms with Crippen LogP contribution in [0.2, 0.25) is 5.15 Å². The van der Waals surface area contributed by atoms with Gasteiger partial charge in [-0.25, -0.2) is 13.8 Å². The summed E-state index contributed by atoms with van der Waals surface area (Å²) >= 11 is 5.59. The number of hydrogen-bond acceptors (Lipinski definition) is 4. The smallest absolute Gasteiger partial charge is 0.277 e. The molecule has 0 saturated carbocycles. The van der Waals surface area contributed by atoms with Crippen molar-refractivity contribution in [3.8, 4) is 11.6 Å². The van der Waals surface area contributed by atoms with Gasteiger partial charge in [0.2, 0.25) is 5.88 Å². The minimum Gasteiger partial charge on any atom is -0.439 e. The third-order valence-corrected chi connectivity index (χ3v) is 2.27. The second-order valence-electron chi connectivity index (χ2n) is 3.42. The van der Waals surface area contributed by atoms with Gasteiger partial charge >= 0.3 is 0 Å². The number of aromatic nitrogens is 1. The predicted octanol–water partition coefficient (Wildman–Crippen LogP) is 3.71. The quantitative estimate of drug-likeness (QED) is 0.490. The van der Waals surface area contributed by atoms with Crippen LogP contribution in [0.4, 0.5) is 14.5 Å². The summed E-state index contributed by atoms with van der Waals surface area (Å²) in [5.74, 6) is -2.38. The normalized spacial score (nSPS) is 10.3. The molecule has 0 spiro atoms. The van der Waals surface area contributed by atoms with Gasteiger partial charge in [-0.15, -0.1) is 0 Å². The Morgan fingerprint density at radius 3 is 2.58 bits per heavy atom. The number of hydrogen-bond donors (Lipinski definition) is 0. The third kappa shape index (κ3) is 3.14. The number of rotatable bonds is 3. The van der Waals surface area contributed by atoms with E-state index in [1.54, 1.807) is 0 Å². The predicted molar refractivity (Wildman–Crippen MR) is 62.3 cm³/mol. The zero-order valence-corrected chi connectivity index (χ0v) is 9.90. The first-order valence-electron chi connectivity index (χ1n) is 4.90. The fraction of sp³-hybridized carbons (Fsp3) is 0. The Kier molecular flexibility index (Phi) is 3.57. The zero-order valence-electron chi connectivity index (χ0n) is 9.14. The van der Waals surface area contributed by atoms with E-state index in [9.17, 15) is 18.9 Å². The van der Waals surface area contributed by atoms with Crippen molar-refractivity contribution in [3.63, 3.8) is 0 Å². The molecular formula is C11H5ClF2N2O3. The SMILES string of the molecule is O=[N+]([O-])c1cc(Cl)nc(Oc2ccc(F)c(F)c2)c1. The van der Waals surface area contributed by atoms with E-state index in [-0.39, 0.29) is 22.5 Å². The average Bonchev–Trinajstić information content (AvgIpc) is 2.33. The molecule has 0 unspecified atom stereocenters. The van der Waals surface area contributed by atoms with Gasteiger partial charge in [-0.05, 0) is 12.1 Å². The Hall–Kier alpha value is -2.28. The molecule has 19 heavy (non-hydrogen) atoms. The van der Waals surface area contributed by atoms with Gasteiger partial charge in [0, 0.05) is 6.07 Å². The fourth-order valence-electron chi connectivity index (χ4n) is 1.28. The molecule has 2 aromatic rings. The molecule has 2 rings (SSSR count). The largest absolute Gasteiger partial charge is 0.439 e. The minimum absolute atomic E-state index is 0.0528. The van der Waals surface area contributed by atoms with Crippen molar-refractivity contribution in [2.45, 2.75) is 0 Å². The van der Waals surface area contributed by atoms with Crippen LogP contribution in [0, 0.1) is 21.7 Å². The van der Waals surface area contributed by atoms with Crippen molar-refractivity contribution in [2.75, 3.05) is 0 Å². The molecule has 0 fully saturated rings. The molecule has 98 valence electrons. The van der Waals surface area contributed by atoms with E-state index in [1.165, 1.54) is 0 Å². The molecule has 0 bridgehead atoms. The molecular weight excluding hydrogens is 282 g/mol. The van der Waals surface area contributed by atoms with Gasteiger partial charge in [0.25, 0.3) is 5.69 Å². The van der Waals surface area contributed by atoms with Crippen molar-refractivity contribution in [1.82, 2.24) is 4.98 Å². The van der Waals surface area contributed by atoms with E-state index in [0.717, 1.165) is 30.3 Å². The van der Waals surface area contributed by atoms with Gasteiger partial charge in [0.15, 0.2) is 11.6 Å². The second-order valence-corrected chi connectivity index (χ2v) is 3.81. The summed E-state index contributed by atoms with van der Waals surface area (Å²) in [6, 6.07) is 4.88. The van der Waals surface area contributed by atoms with Gasteiger partial charge in [-0.2, -0.15) is 0 Å². The van der Waals surface area contributed by atoms with Crippen molar-refractivity contribution in [1.29, 1.82) is 0 Å². The summed E-state index contributed by atoms with van der Waals surface area (Å²) in [6.07, 6.45) is 0. The number of benzene rings is 1. The van der Waals surface area contributed by atoms with E-state index >= 15 is 0 Å². The summed E-state index contributed by atoms with van der Waals surface area (Å²) in [5, 5.41) is 10.5. The van der Waals surface area contributed by atoms with Crippen LogP contribution in [0.15, 0.2) is 30.3 Å². The Labute approximate surface area is 110 Å². The van der Waals surface area contributed by atoms with E-state index in [2.05, 4.69) is 4.98 Å². The first-order chi connectivity index (χ1) is 8.95. The first-order valence-corrected chi connectivity index (χ1v) is 5.28. The lowest BCUT2D eigenvalue weighted by Gasteiger charge is -2.05. The first kappa shape index (κ1) is 13.2. The van der Waals surface area contributed by atoms with Crippen molar-refractivity contribution in [3.05, 3.63) is 57.2 Å². The summed E-state index contributed by atoms with van der Waals surface area (Å²) in [5.41, 5.74) is -0.322. The standard InChI is InChI=1S/C11H5ClF2N2O3/c12-10-3-6(16(17)18)4-11(15-10)19-7-1-2-8(13)9(14)5-7/h1-5H. The molecule has 0 aliphatic rings. The highest BCUT2D eigenvalue weighted by Crippen LogP contribution is 2.26. The molecule has 0 aliphatic carbocycles. The van der Waals surface area contributed by atoms with Crippen LogP contribution in [0.5, 0.6) is 11.6 Å². The number of pyridine rings is 1. The summed E-state index contributed by atoms with van der Waals surface area (Å²) in [4.78, 5) is 13.6. The van der Waals surface area contributed by atoms with Crippen LogP contribution < -0.4 is 4.74 Å². The highest BCUT2D eigenvalue weighted by Gasteiger charge is 2.12. The second kappa shape index (κ2) is 5.15. The van der Waals surface area contributed by atoms with E-state index in [4.69, 9.17) is 16.3 Å². The Balaban J connectivity index is 2.32. The molecule has 0 atom stereocenters. The molecule has 0 amide bonds. The van der Waals surface area contributed by atoms with Crippen molar-refractivity contribution >= 4 is 17.3 Å². The van der Waals surface area contributed by atoms with Gasteiger partial charge in [0.1, 0.15) is 10.9 Å². The molecule has 8 heteroatoms. The number of nitrogens with zero attached hydrogens (tertiary/aromatic N) is 2. The maximum atomic E-state index is 13.0. The molecule has 1 aromatic carbocycles. The molecule has 1 aromatic heterocycles. The average molecular weight is 287 g/mol. The fourth-order valence-corrected chi connectivity index (χ4v) is 1.47. The van der Waals surface area contributed by atoms with Gasteiger partial charge in [-0.1, -0.05) is 11.6 Å². The lowest BCUT2D eigenvalue weighted by molar-refractivity contribution is -0.385. The van der Waals surface area contributed by atoms with Crippen LogP contribution in [0.25, 0.3) is 0 Å². The Morgan fingerprint density at radius 2 is 1.95 bits per heavy atom. The Morgan fingerprint density at radius 1 is 1.21 bits per heavy atom. The number of halogens is 3. The highest BCUT2D eigenvalue weighted by atomic mass is 35.5. The van der Waals surface area contributed by atoms with Crippen molar-refractivity contribution < 1.29 is 18.4 Å². The molecule has 0 saturated heterocycles. The lowest BCUT2D eigenvalue weighted by atomic mass is 10.3. The summed E-state index contributed by atoms with van der Waals surface area (Å²) < 4.78 is 30.8. The van der Waals surface area contributed by atoms with Crippen LogP contribution in [-0.4, -0.2) is 9.91 Å². The van der Waals surface area contributed by atoms with Gasteiger partial charge in [0.05, 0.1) is 17.1 Å². The highest BCUT2D eigenvalue weighted by molar-refractivity contribution is 6.29. The molecule has 1 heterocycles. The topological polar surface area (TPSA) is 65.3 Å². The Bertz CT molecular complexity index is 652. The summed E-state index contributed by atoms with van der Waals surface area (Å²) in [7, 11) is 0. The molecule has 5 nitrogen and oxygen atoms in total. The van der Waals surface area contributed by atoms with Crippen molar-refractivity contribution in [2.24, 2.45) is 0 Å². The van der Waals surface area contributed by atoms with Crippen LogP contribution >= 0.6 is 11.6 Å². The third-order valence-electron chi connectivity index (χ3n) is 2.08. The van der Waals surface area contributed by atoms with Crippen LogP contribution in [0.3, 0.4) is 0 Å². The van der Waals surface area contributed by atoms with Crippen LogP contribution in [-0.2, 0) is 0 Å². The van der Waals surface area contributed by atoms with E-state index < -0.39 is 16.6 Å². The minimum atomic E-state index is -1.10. The molecule has 0 N–H and O–H groups in total. The van der Waals surface area contributed by atoms with Crippen LogP contribution in [0.1, 0.15) is 0 Å². The lowest BCUT2D eigenvalue weighted by Crippen LogP contribution is -1.94. The maximum absolute atomic E-state index is 13.0. The zero-order chi connectivity index (χ0) is 14.0. The van der Waals surface area contributed by atoms with E-state index in [1.807, 2.05) is 0 Å². The monoisotopic (exact) mass is 286 g/mol.